The van der Waals surface area contributed by atoms with Crippen molar-refractivity contribution in [1.82, 2.24) is 25.0 Å². The summed E-state index contributed by atoms with van der Waals surface area (Å²) in [5.41, 5.74) is 2.30. The van der Waals surface area contributed by atoms with Crippen molar-refractivity contribution < 1.29 is 14.3 Å². The Bertz CT molecular complexity index is 1100. The number of carbonyl (C=O) groups excluding carboxylic acids is 2. The molecule has 1 aliphatic carbocycles. The van der Waals surface area contributed by atoms with Gasteiger partial charge in [0, 0.05) is 38.0 Å². The molecule has 196 valence electrons. The van der Waals surface area contributed by atoms with Gasteiger partial charge in [0.15, 0.2) is 5.82 Å². The number of hydrogen-bond acceptors (Lipinski definition) is 5. The number of amides is 2. The highest BCUT2D eigenvalue weighted by Gasteiger charge is 2.45. The van der Waals surface area contributed by atoms with Crippen LogP contribution in [0.4, 0.5) is 0 Å². The van der Waals surface area contributed by atoms with Gasteiger partial charge < -0.3 is 19.5 Å². The van der Waals surface area contributed by atoms with Gasteiger partial charge in [-0.3, -0.25) is 9.59 Å². The topological polar surface area (TPSA) is 89.3 Å². The van der Waals surface area contributed by atoms with E-state index in [4.69, 9.17) is 4.74 Å². The predicted octanol–water partition coefficient (Wildman–Crippen LogP) is 4.52. The molecule has 8 heteroatoms. The monoisotopic (exact) mass is 495 g/mol. The second kappa shape index (κ2) is 10.6. The van der Waals surface area contributed by atoms with Crippen molar-refractivity contribution in [2.45, 2.75) is 91.8 Å². The number of carbonyl (C=O) groups is 2. The molecule has 1 aromatic heterocycles. The van der Waals surface area contributed by atoms with Gasteiger partial charge in [-0.15, -0.1) is 10.2 Å². The van der Waals surface area contributed by atoms with Crippen LogP contribution in [0.25, 0.3) is 0 Å². The number of nitrogens with zero attached hydrogens (tertiary/aromatic N) is 4. The number of aryl methyl sites for hydroxylation is 2. The number of methoxy groups -OCH3 is 1. The number of nitrogens with one attached hydrogen (secondary N) is 1. The fourth-order valence-electron chi connectivity index (χ4n) is 5.27. The summed E-state index contributed by atoms with van der Waals surface area (Å²) < 4.78 is 7.75. The van der Waals surface area contributed by atoms with Crippen molar-refractivity contribution in [3.63, 3.8) is 0 Å². The molecule has 0 radical (unpaired) electrons. The molecule has 1 N–H and O–H groups in total. The molecular weight excluding hydrogens is 454 g/mol. The van der Waals surface area contributed by atoms with Gasteiger partial charge in [0.25, 0.3) is 0 Å². The third-order valence-electron chi connectivity index (χ3n) is 7.33. The second-order valence-corrected chi connectivity index (χ2v) is 11.6. The third kappa shape index (κ3) is 5.90. The van der Waals surface area contributed by atoms with E-state index in [0.717, 1.165) is 60.6 Å². The highest BCUT2D eigenvalue weighted by atomic mass is 16.5. The van der Waals surface area contributed by atoms with Gasteiger partial charge in [0.2, 0.25) is 11.8 Å². The van der Waals surface area contributed by atoms with Crippen LogP contribution in [-0.4, -0.2) is 45.1 Å². The van der Waals surface area contributed by atoms with Crippen molar-refractivity contribution in [1.29, 1.82) is 0 Å². The molecule has 1 aliphatic heterocycles. The van der Waals surface area contributed by atoms with Crippen LogP contribution in [0.1, 0.15) is 94.7 Å². The zero-order chi connectivity index (χ0) is 26.0. The molecule has 0 spiro atoms. The Morgan fingerprint density at radius 2 is 1.92 bits per heavy atom. The molecule has 0 unspecified atom stereocenters. The van der Waals surface area contributed by atoms with E-state index in [0.29, 0.717) is 25.6 Å². The number of aromatic nitrogens is 3. The number of rotatable bonds is 9. The maximum absolute atomic E-state index is 13.5. The van der Waals surface area contributed by atoms with Crippen LogP contribution >= 0.6 is 0 Å². The Labute approximate surface area is 214 Å². The van der Waals surface area contributed by atoms with E-state index < -0.39 is 6.04 Å². The van der Waals surface area contributed by atoms with E-state index in [-0.39, 0.29) is 23.1 Å². The van der Waals surface area contributed by atoms with Gasteiger partial charge in [-0.1, -0.05) is 32.9 Å². The predicted molar refractivity (Wildman–Crippen MR) is 138 cm³/mol. The molecule has 1 saturated heterocycles. The minimum atomic E-state index is -0.396. The van der Waals surface area contributed by atoms with Gasteiger partial charge in [-0.25, -0.2) is 0 Å². The van der Waals surface area contributed by atoms with Crippen LogP contribution < -0.4 is 10.1 Å². The molecule has 2 heterocycles. The SMILES string of the molecule is COc1cc(C)ccc1CNC(=O)[C@H]1CCN(C(C)=O)[C@@H]1c1nnc(CCCC(C)(C)C)n1C1CC1. The number of benzene rings is 1. The van der Waals surface area contributed by atoms with E-state index in [2.05, 4.69) is 40.9 Å². The maximum Gasteiger partial charge on any atom is 0.226 e. The lowest BCUT2D eigenvalue weighted by Crippen LogP contribution is -2.38. The molecule has 8 nitrogen and oxygen atoms in total. The smallest absolute Gasteiger partial charge is 0.226 e. The van der Waals surface area contributed by atoms with Crippen LogP contribution in [-0.2, 0) is 22.6 Å². The van der Waals surface area contributed by atoms with Crippen LogP contribution in [0.2, 0.25) is 0 Å². The third-order valence-corrected chi connectivity index (χ3v) is 7.33. The van der Waals surface area contributed by atoms with Gasteiger partial charge in [-0.05, 0) is 56.1 Å². The highest BCUT2D eigenvalue weighted by molar-refractivity contribution is 5.82. The summed E-state index contributed by atoms with van der Waals surface area (Å²) >= 11 is 0. The lowest BCUT2D eigenvalue weighted by atomic mass is 9.90. The first-order chi connectivity index (χ1) is 17.1. The minimum Gasteiger partial charge on any atom is -0.496 e. The Balaban J connectivity index is 1.55. The van der Waals surface area contributed by atoms with Gasteiger partial charge in [0.1, 0.15) is 17.6 Å². The molecule has 0 bridgehead atoms. The first kappa shape index (κ1) is 26.2. The Morgan fingerprint density at radius 1 is 1.17 bits per heavy atom. The first-order valence-electron chi connectivity index (χ1n) is 13.2. The van der Waals surface area contributed by atoms with Crippen molar-refractivity contribution in [2.24, 2.45) is 11.3 Å². The van der Waals surface area contributed by atoms with E-state index in [1.165, 1.54) is 0 Å². The summed E-state index contributed by atoms with van der Waals surface area (Å²) in [7, 11) is 1.64. The highest BCUT2D eigenvalue weighted by Crippen LogP contribution is 2.43. The number of ether oxygens (including phenoxy) is 1. The summed E-state index contributed by atoms with van der Waals surface area (Å²) in [6.45, 7) is 11.3. The molecule has 1 saturated carbocycles. The Kier molecular flexibility index (Phi) is 7.71. The average molecular weight is 496 g/mol. The normalized spacial score (nSPS) is 20.0. The zero-order valence-corrected chi connectivity index (χ0v) is 22.6. The Morgan fingerprint density at radius 3 is 2.56 bits per heavy atom. The number of likely N-dealkylation sites (tertiary alicyclic amines) is 1. The van der Waals surface area contributed by atoms with E-state index >= 15 is 0 Å². The minimum absolute atomic E-state index is 0.0323. The van der Waals surface area contributed by atoms with Crippen molar-refractivity contribution in [3.05, 3.63) is 41.0 Å². The van der Waals surface area contributed by atoms with Gasteiger partial charge in [0.05, 0.1) is 13.0 Å². The van der Waals surface area contributed by atoms with Crippen molar-refractivity contribution >= 4 is 11.8 Å². The largest absolute Gasteiger partial charge is 0.496 e. The van der Waals surface area contributed by atoms with Crippen LogP contribution in [0.5, 0.6) is 5.75 Å². The fourth-order valence-corrected chi connectivity index (χ4v) is 5.27. The molecule has 2 aliphatic rings. The summed E-state index contributed by atoms with van der Waals surface area (Å²) in [4.78, 5) is 27.9. The van der Waals surface area contributed by atoms with E-state index in [1.54, 1.807) is 18.9 Å². The first-order valence-corrected chi connectivity index (χ1v) is 13.2. The molecule has 2 amide bonds. The van der Waals surface area contributed by atoms with Gasteiger partial charge in [-0.2, -0.15) is 0 Å². The fraction of sp³-hybridized carbons (Fsp3) is 0.643. The molecular formula is C28H41N5O3. The second-order valence-electron chi connectivity index (χ2n) is 11.6. The van der Waals surface area contributed by atoms with Crippen molar-refractivity contribution in [2.75, 3.05) is 13.7 Å². The average Bonchev–Trinajstić information content (AvgIpc) is 3.41. The maximum atomic E-state index is 13.5. The van der Waals surface area contributed by atoms with Crippen LogP contribution in [0.15, 0.2) is 18.2 Å². The lowest BCUT2D eigenvalue weighted by Gasteiger charge is -2.27. The quantitative estimate of drug-likeness (QED) is 0.552. The summed E-state index contributed by atoms with van der Waals surface area (Å²) in [5, 5.41) is 12.3. The Hall–Kier alpha value is -2.90. The standard InChI is InChI=1S/C28H41N5O3/c1-18-9-10-20(23(16-18)36-6)17-29-27(35)22-13-15-32(19(2)34)25(22)26-31-30-24(33(26)21-11-12-21)8-7-14-28(3,4)5/h9-10,16,21-22,25H,7-8,11-15,17H2,1-6H3,(H,29,35)/t22-,25-/m0/s1. The van der Waals surface area contributed by atoms with Crippen molar-refractivity contribution in [3.8, 4) is 5.75 Å². The van der Waals surface area contributed by atoms with Crippen LogP contribution in [0, 0.1) is 18.3 Å². The van der Waals surface area contributed by atoms with Crippen LogP contribution in [0.3, 0.4) is 0 Å². The number of hydrogen-bond donors (Lipinski definition) is 1. The summed E-state index contributed by atoms with van der Waals surface area (Å²) in [5.74, 6) is 2.05. The summed E-state index contributed by atoms with van der Waals surface area (Å²) in [6, 6.07) is 5.94. The van der Waals surface area contributed by atoms with E-state index in [1.807, 2.05) is 25.1 Å². The lowest BCUT2D eigenvalue weighted by molar-refractivity contribution is -0.132. The summed E-state index contributed by atoms with van der Waals surface area (Å²) in [6.07, 6.45) is 5.80. The molecule has 4 rings (SSSR count). The molecule has 2 atom stereocenters. The molecule has 2 fully saturated rings. The molecule has 1 aromatic carbocycles. The molecule has 2 aromatic rings. The zero-order valence-electron chi connectivity index (χ0n) is 22.6. The van der Waals surface area contributed by atoms with Gasteiger partial charge >= 0.3 is 0 Å². The van der Waals surface area contributed by atoms with E-state index in [9.17, 15) is 9.59 Å². The molecule has 36 heavy (non-hydrogen) atoms.